The van der Waals surface area contributed by atoms with E-state index in [1.807, 2.05) is 83.1 Å². The third-order valence-corrected chi connectivity index (χ3v) is 16.0. The van der Waals surface area contributed by atoms with E-state index in [4.69, 9.17) is 96.4 Å². The Morgan fingerprint density at radius 1 is 0.549 bits per heavy atom. The number of anilines is 1. The van der Waals surface area contributed by atoms with Crippen molar-refractivity contribution >= 4 is 208 Å². The van der Waals surface area contributed by atoms with E-state index in [0.717, 1.165) is 64.7 Å². The molecule has 7 heterocycles. The molecule has 40 heteroatoms. The second kappa shape index (κ2) is 35.6. The van der Waals surface area contributed by atoms with Gasteiger partial charge in [0, 0.05) is 150 Å². The van der Waals surface area contributed by atoms with Crippen LogP contribution in [0.2, 0.25) is 5.15 Å². The summed E-state index contributed by atoms with van der Waals surface area (Å²) in [5, 5.41) is 0.477. The van der Waals surface area contributed by atoms with Crippen LogP contribution in [0.1, 0.15) is 96.8 Å². The predicted octanol–water partition coefficient (Wildman–Crippen LogP) is 2.34. The Hall–Kier alpha value is -2.93. The topological polar surface area (TPSA) is 251 Å². The molecule has 0 aliphatic carbocycles. The zero-order valence-corrected chi connectivity index (χ0v) is 56.2. The number of nitrogen functional groups attached to an aromatic ring is 1. The van der Waals surface area contributed by atoms with Crippen LogP contribution in [0.3, 0.4) is 0 Å². The highest BCUT2D eigenvalue weighted by Gasteiger charge is 2.52. The van der Waals surface area contributed by atoms with Crippen molar-refractivity contribution < 1.29 is 9.31 Å². The van der Waals surface area contributed by atoms with Gasteiger partial charge < -0.3 is 24.7 Å². The molecule has 18 radical (unpaired) electrons. The fourth-order valence-electron chi connectivity index (χ4n) is 7.05. The molecule has 0 atom stereocenters. The van der Waals surface area contributed by atoms with E-state index in [-0.39, 0.29) is 29.4 Å². The smallest absolute Gasteiger partial charge is 0.399 e. The first-order valence-corrected chi connectivity index (χ1v) is 28.6. The molecule has 1 saturated heterocycles. The maximum Gasteiger partial charge on any atom is 0.498 e. The van der Waals surface area contributed by atoms with Gasteiger partial charge in [0.05, 0.1) is 47.4 Å². The molecule has 0 aromatic carbocycles. The molecule has 7 rings (SSSR count). The molecule has 82 heavy (non-hydrogen) atoms. The summed E-state index contributed by atoms with van der Waals surface area (Å²) in [7, 11) is 50.0. The fourth-order valence-corrected chi connectivity index (χ4v) is 8.16. The fraction of sp³-hybridized carbons (Fsp3) is 0.429. The molecule has 1 aliphatic heterocycles. The Morgan fingerprint density at radius 2 is 0.988 bits per heavy atom. The number of nitrogens with zero attached hydrogens (tertiary/aromatic N) is 10. The molecule has 0 saturated carbocycles. The lowest BCUT2D eigenvalue weighted by Gasteiger charge is -2.37. The van der Waals surface area contributed by atoms with Crippen LogP contribution in [0.25, 0.3) is 0 Å². The largest absolute Gasteiger partial charge is 0.498 e. The van der Waals surface area contributed by atoms with Gasteiger partial charge >= 0.3 is 7.12 Å². The molecule has 404 valence electrons. The van der Waals surface area contributed by atoms with Gasteiger partial charge in [-0.05, 0) is 174 Å². The minimum absolute atomic E-state index is 0.0833. The molecule has 1 aliphatic rings. The number of hydrogen-bond acceptors (Lipinski definition) is 16. The standard InChI is InChI=1S/C12H19BN2O2.C6H6BrClN2.C6H9BrN4.C6H7BrN2O.C6H7BrN2.C6H8N2O.B16/c1-8-10(7-14-9(2)15-8)13-16-11(3,4)12(5,6)17-13;1-3-5(7)6(8)10-4(2)9-3;1-3-5(7)6(11-8)10-4(2)9-3;1-3-5(7)6(10)9-4(2)8-3;1-4-6(7)3-8-5(2)9-4;1-4-3-6(9)8-5(2)7-4;1-10(2)14(9)16(13(7)8)15(11(3)4)12(5)6/h7H,1-6H3;1-2H3;8H2,1-2H3,(H,9,10,11);1-2H3,(H,8,9,10);3H,1-2H3;3H,1-2H3,(H,7,8,9);. The molecular formula is C42H56B17Br4ClN14O4. The van der Waals surface area contributed by atoms with Crippen molar-refractivity contribution in [3.8, 4) is 0 Å². The second-order valence-corrected chi connectivity index (χ2v) is 23.2. The van der Waals surface area contributed by atoms with Crippen LogP contribution in [-0.4, -0.2) is 192 Å². The van der Waals surface area contributed by atoms with Crippen LogP contribution in [-0.2, 0) is 9.31 Å². The van der Waals surface area contributed by atoms with E-state index >= 15 is 0 Å². The Balaban J connectivity index is 0.000000485. The molecule has 5 N–H and O–H groups in total. The molecular weight excluding hydrogens is 1300 g/mol. The van der Waals surface area contributed by atoms with Crippen molar-refractivity contribution in [2.75, 3.05) is 5.43 Å². The quantitative estimate of drug-likeness (QED) is 0.0739. The summed E-state index contributed by atoms with van der Waals surface area (Å²) in [5.41, 5.74) is 7.68. The van der Waals surface area contributed by atoms with Crippen LogP contribution in [0, 0.1) is 83.1 Å². The number of rotatable bonds is 8. The van der Waals surface area contributed by atoms with Crippen molar-refractivity contribution in [1.82, 2.24) is 59.8 Å². The minimum atomic E-state index is -0.807. The van der Waals surface area contributed by atoms with Gasteiger partial charge in [-0.15, -0.1) is 0 Å². The summed E-state index contributed by atoms with van der Waals surface area (Å²) in [4.78, 5) is 67.5. The summed E-state index contributed by atoms with van der Waals surface area (Å²) in [5.74, 6) is 10.1. The van der Waals surface area contributed by atoms with Crippen molar-refractivity contribution in [3.05, 3.63) is 131 Å². The van der Waals surface area contributed by atoms with Gasteiger partial charge in [-0.25, -0.2) is 55.7 Å². The maximum absolute atomic E-state index is 10.9. The van der Waals surface area contributed by atoms with Gasteiger partial charge in [0.2, 0.25) is 0 Å². The summed E-state index contributed by atoms with van der Waals surface area (Å²) in [6, 6.07) is 1.47. The summed E-state index contributed by atoms with van der Waals surface area (Å²) in [6.45, 7) is 30.3. The van der Waals surface area contributed by atoms with Gasteiger partial charge in [0.1, 0.15) is 44.6 Å². The molecule has 0 bridgehead atoms. The molecule has 6 aromatic heterocycles. The van der Waals surface area contributed by atoms with Crippen LogP contribution in [0.15, 0.2) is 45.9 Å². The number of H-pyrrole nitrogens is 2. The van der Waals surface area contributed by atoms with Crippen LogP contribution < -0.4 is 27.8 Å². The zero-order chi connectivity index (χ0) is 63.5. The van der Waals surface area contributed by atoms with Crippen molar-refractivity contribution in [2.45, 2.75) is 122 Å². The van der Waals surface area contributed by atoms with Crippen molar-refractivity contribution in [2.24, 2.45) is 5.84 Å². The normalized spacial score (nSPS) is 12.1. The highest BCUT2D eigenvalue weighted by molar-refractivity contribution is 9.11. The lowest BCUT2D eigenvalue weighted by atomic mass is 8.44. The highest BCUT2D eigenvalue weighted by Crippen LogP contribution is 2.36. The first-order chi connectivity index (χ1) is 37.7. The Morgan fingerprint density at radius 3 is 1.39 bits per heavy atom. The van der Waals surface area contributed by atoms with Crippen LogP contribution in [0.4, 0.5) is 5.82 Å². The number of halogens is 5. The lowest BCUT2D eigenvalue weighted by Crippen LogP contribution is -2.75. The van der Waals surface area contributed by atoms with Gasteiger partial charge in [0.25, 0.3) is 11.1 Å². The molecule has 6 aromatic rings. The van der Waals surface area contributed by atoms with E-state index in [1.54, 1.807) is 40.1 Å². The third kappa shape index (κ3) is 25.6. The zero-order valence-electron chi connectivity index (χ0n) is 49.1. The maximum atomic E-state index is 10.9. The van der Waals surface area contributed by atoms with Crippen molar-refractivity contribution in [1.29, 1.82) is 0 Å². The average Bonchev–Trinajstić information content (AvgIpc) is 3.85. The molecule has 0 spiro atoms. The number of aromatic amines is 2. The Labute approximate surface area is 537 Å². The van der Waals surface area contributed by atoms with Gasteiger partial charge in [-0.2, -0.15) is 0 Å². The molecule has 0 unspecified atom stereocenters. The first-order valence-electron chi connectivity index (χ1n) is 25.0. The minimum Gasteiger partial charge on any atom is -0.399 e. The second-order valence-electron chi connectivity index (χ2n) is 19.6. The first kappa shape index (κ1) is 77.1. The molecule has 1 fully saturated rings. The third-order valence-electron chi connectivity index (χ3n) is 11.8. The number of hydrogen-bond donors (Lipinski definition) is 4. The van der Waals surface area contributed by atoms with Crippen LogP contribution >= 0.6 is 75.3 Å². The van der Waals surface area contributed by atoms with Crippen LogP contribution in [0.5, 0.6) is 0 Å². The van der Waals surface area contributed by atoms with E-state index in [9.17, 15) is 9.59 Å². The summed E-state index contributed by atoms with van der Waals surface area (Å²) >= 11 is 18.7. The predicted molar refractivity (Wildman–Crippen MR) is 366 cm³/mol. The van der Waals surface area contributed by atoms with Gasteiger partial charge in [-0.3, -0.25) is 9.59 Å². The van der Waals surface area contributed by atoms with Crippen molar-refractivity contribution in [3.63, 3.8) is 0 Å². The number of nitrogens with one attached hydrogen (secondary N) is 3. The number of aryl methyl sites for hydroxylation is 12. The van der Waals surface area contributed by atoms with E-state index in [0.29, 0.717) is 38.7 Å². The summed E-state index contributed by atoms with van der Waals surface area (Å²) in [6.07, 6.45) is -1.47. The lowest BCUT2D eigenvalue weighted by molar-refractivity contribution is 0.00578. The monoisotopic (exact) mass is 1360 g/mol. The number of aromatic nitrogens is 12. The highest BCUT2D eigenvalue weighted by atomic mass is 79.9. The molecule has 18 nitrogen and oxygen atoms in total. The van der Waals surface area contributed by atoms with E-state index in [1.165, 1.54) is 6.07 Å². The number of hydrazine groups is 1. The summed E-state index contributed by atoms with van der Waals surface area (Å²) < 4.78 is 15.0. The Kier molecular flexibility index (Phi) is 33.5. The SMILES string of the molecule is Cc1cc(=O)[nH]c(C)n1.Cc1nc(C)c(Br)c(=O)[nH]1.Cc1nc(C)c(Br)c(Cl)n1.Cc1nc(C)c(Br)c(NN)n1.Cc1ncc(B2OC(C)(C)C(C)(C)O2)c(C)n1.Cc1ncc(Br)c(C)n1.[B]B([B])B([B])B(B([B])[B])B(B([B])[B])B([B])[B]. The van der Waals surface area contributed by atoms with Gasteiger partial charge in [0.15, 0.2) is 5.82 Å². The Bertz CT molecular complexity index is 3080. The van der Waals surface area contributed by atoms with Gasteiger partial charge in [-0.1, -0.05) is 11.6 Å². The number of nitrogens with two attached hydrogens (primary N) is 1. The average molecular weight is 1360 g/mol. The van der Waals surface area contributed by atoms with E-state index < -0.39 is 44.7 Å². The molecule has 0 amide bonds. The van der Waals surface area contributed by atoms with E-state index in [2.05, 4.69) is 129 Å².